The van der Waals surface area contributed by atoms with Gasteiger partial charge in [0.1, 0.15) is 5.69 Å². The van der Waals surface area contributed by atoms with Crippen molar-refractivity contribution < 1.29 is 14.3 Å². The maximum absolute atomic E-state index is 12.2. The smallest absolute Gasteiger partial charge is 0.337 e. The lowest BCUT2D eigenvalue weighted by Gasteiger charge is -2.11. The summed E-state index contributed by atoms with van der Waals surface area (Å²) in [4.78, 5) is 37.6. The number of hydrogen-bond donors (Lipinski definition) is 2. The van der Waals surface area contributed by atoms with Crippen molar-refractivity contribution >= 4 is 29.3 Å². The van der Waals surface area contributed by atoms with Crippen LogP contribution in [0.5, 0.6) is 0 Å². The molecule has 2 rings (SSSR count). The van der Waals surface area contributed by atoms with Crippen LogP contribution in [0.4, 0.5) is 5.69 Å². The zero-order chi connectivity index (χ0) is 17.7. The molecule has 0 bridgehead atoms. The van der Waals surface area contributed by atoms with Gasteiger partial charge in [0.2, 0.25) is 5.91 Å². The maximum atomic E-state index is 12.2. The lowest BCUT2D eigenvalue weighted by molar-refractivity contribution is -0.115. The summed E-state index contributed by atoms with van der Waals surface area (Å²) < 4.78 is 4.61. The van der Waals surface area contributed by atoms with E-state index >= 15 is 0 Å². The molecule has 1 heterocycles. The van der Waals surface area contributed by atoms with Gasteiger partial charge in [-0.15, -0.1) is 10.2 Å². The summed E-state index contributed by atoms with van der Waals surface area (Å²) in [5.41, 5.74) is 0.870. The van der Waals surface area contributed by atoms with Gasteiger partial charge in [0, 0.05) is 5.69 Å². The monoisotopic (exact) mass is 348 g/mol. The number of nitrogens with one attached hydrogen (secondary N) is 2. The molecule has 8 nitrogen and oxygen atoms in total. The Bertz CT molecular complexity index is 804. The van der Waals surface area contributed by atoms with Crippen LogP contribution in [-0.4, -0.2) is 39.4 Å². The van der Waals surface area contributed by atoms with E-state index in [9.17, 15) is 14.4 Å². The molecule has 0 saturated carbocycles. The van der Waals surface area contributed by atoms with Crippen molar-refractivity contribution in [3.8, 4) is 0 Å². The second kappa shape index (κ2) is 7.73. The highest BCUT2D eigenvalue weighted by atomic mass is 32.2. The first-order valence-electron chi connectivity index (χ1n) is 7.00. The number of aryl methyl sites for hydroxylation is 1. The van der Waals surface area contributed by atoms with Crippen molar-refractivity contribution in [2.45, 2.75) is 24.3 Å². The van der Waals surface area contributed by atoms with Crippen LogP contribution >= 0.6 is 11.8 Å². The first-order chi connectivity index (χ1) is 11.4. The first kappa shape index (κ1) is 17.7. The minimum Gasteiger partial charge on any atom is -0.465 e. The summed E-state index contributed by atoms with van der Waals surface area (Å²) in [7, 11) is 1.30. The van der Waals surface area contributed by atoms with E-state index in [-0.39, 0.29) is 22.3 Å². The average molecular weight is 348 g/mol. The highest BCUT2D eigenvalue weighted by Gasteiger charge is 2.17. The van der Waals surface area contributed by atoms with Gasteiger partial charge in [-0.3, -0.25) is 14.6 Å². The number of esters is 1. The highest BCUT2D eigenvalue weighted by molar-refractivity contribution is 8.00. The van der Waals surface area contributed by atoms with E-state index in [4.69, 9.17) is 0 Å². The molecule has 0 fully saturated rings. The maximum Gasteiger partial charge on any atom is 0.337 e. The Morgan fingerprint density at radius 3 is 2.50 bits per heavy atom. The minimum absolute atomic E-state index is 0.266. The Morgan fingerprint density at radius 2 is 1.92 bits per heavy atom. The number of methoxy groups -OCH3 is 1. The predicted molar refractivity (Wildman–Crippen MR) is 89.1 cm³/mol. The second-order valence-electron chi connectivity index (χ2n) is 4.86. The molecule has 0 saturated heterocycles. The van der Waals surface area contributed by atoms with E-state index in [1.165, 1.54) is 7.11 Å². The fourth-order valence-corrected chi connectivity index (χ4v) is 2.44. The van der Waals surface area contributed by atoms with Crippen molar-refractivity contribution in [1.82, 2.24) is 15.2 Å². The molecule has 0 unspecified atom stereocenters. The lowest BCUT2D eigenvalue weighted by atomic mass is 10.2. The number of aromatic amines is 1. The molecule has 24 heavy (non-hydrogen) atoms. The Morgan fingerprint density at radius 1 is 1.25 bits per heavy atom. The van der Waals surface area contributed by atoms with E-state index in [0.29, 0.717) is 11.3 Å². The van der Waals surface area contributed by atoms with Crippen LogP contribution in [0.3, 0.4) is 0 Å². The van der Waals surface area contributed by atoms with Crippen LogP contribution in [0.2, 0.25) is 0 Å². The zero-order valence-corrected chi connectivity index (χ0v) is 14.1. The molecule has 9 heteroatoms. The standard InChI is InChI=1S/C15H16N4O4S/c1-8-12(20)17-15(19-18-8)24-9(2)13(21)16-11-6-4-10(5-7-11)14(22)23-3/h4-7,9H,1-3H3,(H,16,21)(H,17,19,20)/t9-/m0/s1. The van der Waals surface area contributed by atoms with Gasteiger partial charge in [-0.05, 0) is 38.1 Å². The van der Waals surface area contributed by atoms with Crippen LogP contribution in [0.1, 0.15) is 23.0 Å². The van der Waals surface area contributed by atoms with Crippen LogP contribution in [-0.2, 0) is 9.53 Å². The molecule has 1 aromatic carbocycles. The summed E-state index contributed by atoms with van der Waals surface area (Å²) in [5, 5.41) is 10.0. The first-order valence-corrected chi connectivity index (χ1v) is 7.88. The fraction of sp³-hybridized carbons (Fsp3) is 0.267. The van der Waals surface area contributed by atoms with Crippen molar-refractivity contribution in [2.24, 2.45) is 0 Å². The van der Waals surface area contributed by atoms with Gasteiger partial charge >= 0.3 is 5.97 Å². The number of H-pyrrole nitrogens is 1. The Labute approximate surface area is 142 Å². The number of rotatable bonds is 5. The van der Waals surface area contributed by atoms with E-state index in [1.54, 1.807) is 38.1 Å². The molecule has 0 aliphatic carbocycles. The minimum atomic E-state index is -0.502. The Hall–Kier alpha value is -2.68. The van der Waals surface area contributed by atoms with Gasteiger partial charge in [-0.2, -0.15) is 0 Å². The average Bonchev–Trinajstić information content (AvgIpc) is 2.58. The number of hydrogen-bond acceptors (Lipinski definition) is 7. The third-order valence-electron chi connectivity index (χ3n) is 3.07. The number of ether oxygens (including phenoxy) is 1. The van der Waals surface area contributed by atoms with E-state index in [0.717, 1.165) is 11.8 Å². The van der Waals surface area contributed by atoms with E-state index in [1.807, 2.05) is 0 Å². The number of thioether (sulfide) groups is 1. The predicted octanol–water partition coefficient (Wildman–Crippen LogP) is 1.38. The van der Waals surface area contributed by atoms with Gasteiger partial charge in [-0.1, -0.05) is 11.8 Å². The van der Waals surface area contributed by atoms with Gasteiger partial charge in [0.25, 0.3) is 5.56 Å². The molecule has 2 aromatic rings. The van der Waals surface area contributed by atoms with Crippen molar-refractivity contribution in [1.29, 1.82) is 0 Å². The van der Waals surface area contributed by atoms with Crippen molar-refractivity contribution in [3.05, 3.63) is 45.9 Å². The van der Waals surface area contributed by atoms with Gasteiger partial charge in [0.05, 0.1) is 17.9 Å². The molecule has 0 aliphatic heterocycles. The van der Waals surface area contributed by atoms with Crippen molar-refractivity contribution in [3.63, 3.8) is 0 Å². The topological polar surface area (TPSA) is 114 Å². The molecular weight excluding hydrogens is 332 g/mol. The van der Waals surface area contributed by atoms with E-state index in [2.05, 4.69) is 25.2 Å². The molecule has 1 atom stereocenters. The third kappa shape index (κ3) is 4.42. The van der Waals surface area contributed by atoms with Crippen molar-refractivity contribution in [2.75, 3.05) is 12.4 Å². The number of carbonyl (C=O) groups excluding carboxylic acids is 2. The van der Waals surface area contributed by atoms with Crippen LogP contribution in [0, 0.1) is 6.92 Å². The molecule has 0 spiro atoms. The number of amides is 1. The molecule has 0 aliphatic rings. The Balaban J connectivity index is 1.99. The molecule has 0 radical (unpaired) electrons. The molecular formula is C15H16N4O4S. The number of carbonyl (C=O) groups is 2. The van der Waals surface area contributed by atoms with Crippen LogP contribution in [0.25, 0.3) is 0 Å². The number of anilines is 1. The quantitative estimate of drug-likeness (QED) is 0.620. The number of nitrogens with zero attached hydrogens (tertiary/aromatic N) is 2. The van der Waals surface area contributed by atoms with Crippen LogP contribution in [0.15, 0.2) is 34.2 Å². The van der Waals surface area contributed by atoms with Gasteiger partial charge in [-0.25, -0.2) is 4.79 Å². The molecule has 2 N–H and O–H groups in total. The number of benzene rings is 1. The Kier molecular flexibility index (Phi) is 5.69. The third-order valence-corrected chi connectivity index (χ3v) is 4.05. The van der Waals surface area contributed by atoms with Crippen LogP contribution < -0.4 is 10.9 Å². The highest BCUT2D eigenvalue weighted by Crippen LogP contribution is 2.19. The largest absolute Gasteiger partial charge is 0.465 e. The summed E-state index contributed by atoms with van der Waals surface area (Å²) >= 11 is 1.09. The van der Waals surface area contributed by atoms with Gasteiger partial charge in [0.15, 0.2) is 5.16 Å². The summed E-state index contributed by atoms with van der Waals surface area (Å²) in [5.74, 6) is -0.715. The lowest BCUT2D eigenvalue weighted by Crippen LogP contribution is -2.23. The summed E-state index contributed by atoms with van der Waals surface area (Å²) in [6, 6.07) is 6.33. The second-order valence-corrected chi connectivity index (χ2v) is 6.19. The summed E-state index contributed by atoms with van der Waals surface area (Å²) in [6.45, 7) is 3.23. The fourth-order valence-electron chi connectivity index (χ4n) is 1.70. The van der Waals surface area contributed by atoms with Gasteiger partial charge < -0.3 is 10.1 Å². The normalized spacial score (nSPS) is 11.6. The van der Waals surface area contributed by atoms with E-state index < -0.39 is 11.2 Å². The molecule has 126 valence electrons. The molecule has 1 amide bonds. The SMILES string of the molecule is COC(=O)c1ccc(NC(=O)[C@H](C)Sc2nnc(C)c(=O)[nH]2)cc1. The molecule has 1 aromatic heterocycles. The zero-order valence-electron chi connectivity index (χ0n) is 13.3. The number of aromatic nitrogens is 3. The summed E-state index contributed by atoms with van der Waals surface area (Å²) in [6.07, 6.45) is 0.